The fraction of sp³-hybridized carbons (Fsp3) is 0.500. The standard InChI is InChI=1S/C16H20F2N2O3/c1-15(2,3)23-8-7-20-13(21)16(4,19-14(20)22)10-5-6-11(17)12(18)9-10/h5-6,9H,7-8H2,1-4H3,(H,19,22). The topological polar surface area (TPSA) is 58.6 Å². The Morgan fingerprint density at radius 1 is 1.22 bits per heavy atom. The monoisotopic (exact) mass is 326 g/mol. The van der Waals surface area contributed by atoms with E-state index in [9.17, 15) is 18.4 Å². The number of carbonyl (C=O) groups excluding carboxylic acids is 2. The molecule has 1 N–H and O–H groups in total. The van der Waals surface area contributed by atoms with Gasteiger partial charge in [-0.15, -0.1) is 0 Å². The van der Waals surface area contributed by atoms with Crippen LogP contribution >= 0.6 is 0 Å². The van der Waals surface area contributed by atoms with Crippen molar-refractivity contribution in [1.82, 2.24) is 10.2 Å². The maximum Gasteiger partial charge on any atom is 0.325 e. The van der Waals surface area contributed by atoms with Gasteiger partial charge < -0.3 is 10.1 Å². The molecule has 1 aliphatic rings. The van der Waals surface area contributed by atoms with Gasteiger partial charge in [-0.2, -0.15) is 0 Å². The van der Waals surface area contributed by atoms with Crippen LogP contribution in [0.1, 0.15) is 33.3 Å². The maximum atomic E-state index is 13.4. The van der Waals surface area contributed by atoms with Crippen LogP contribution in [0.4, 0.5) is 13.6 Å². The Bertz CT molecular complexity index is 643. The lowest BCUT2D eigenvalue weighted by Gasteiger charge is -2.23. The van der Waals surface area contributed by atoms with E-state index in [1.54, 1.807) is 0 Å². The van der Waals surface area contributed by atoms with Crippen LogP contribution in [0.15, 0.2) is 18.2 Å². The average molecular weight is 326 g/mol. The van der Waals surface area contributed by atoms with E-state index >= 15 is 0 Å². The number of hydrogen-bond acceptors (Lipinski definition) is 3. The van der Waals surface area contributed by atoms with Crippen molar-refractivity contribution in [1.29, 1.82) is 0 Å². The van der Waals surface area contributed by atoms with E-state index in [-0.39, 0.29) is 24.3 Å². The Morgan fingerprint density at radius 3 is 2.43 bits per heavy atom. The first kappa shape index (κ1) is 17.3. The molecule has 23 heavy (non-hydrogen) atoms. The number of nitrogens with one attached hydrogen (secondary N) is 1. The Balaban J connectivity index is 2.17. The molecule has 0 spiro atoms. The van der Waals surface area contributed by atoms with Crippen LogP contribution in [0, 0.1) is 11.6 Å². The first-order valence-electron chi connectivity index (χ1n) is 7.28. The first-order valence-corrected chi connectivity index (χ1v) is 7.28. The van der Waals surface area contributed by atoms with E-state index in [4.69, 9.17) is 4.74 Å². The van der Waals surface area contributed by atoms with E-state index in [0.717, 1.165) is 17.0 Å². The second-order valence-electron chi connectivity index (χ2n) is 6.60. The molecule has 2 rings (SSSR count). The summed E-state index contributed by atoms with van der Waals surface area (Å²) in [6, 6.07) is 2.55. The van der Waals surface area contributed by atoms with E-state index in [1.165, 1.54) is 13.0 Å². The number of nitrogens with zero attached hydrogens (tertiary/aromatic N) is 1. The quantitative estimate of drug-likeness (QED) is 0.865. The summed E-state index contributed by atoms with van der Waals surface area (Å²) in [5, 5.41) is 2.53. The predicted molar refractivity (Wildman–Crippen MR) is 79.7 cm³/mol. The van der Waals surface area contributed by atoms with Crippen molar-refractivity contribution < 1.29 is 23.1 Å². The van der Waals surface area contributed by atoms with Gasteiger partial charge in [0.05, 0.1) is 18.8 Å². The van der Waals surface area contributed by atoms with Crippen molar-refractivity contribution in [2.24, 2.45) is 0 Å². The third-order valence-electron chi connectivity index (χ3n) is 3.62. The molecule has 1 unspecified atom stereocenters. The molecule has 1 aliphatic heterocycles. The summed E-state index contributed by atoms with van der Waals surface area (Å²) in [5.41, 5.74) is -1.62. The zero-order chi connectivity index (χ0) is 17.4. The fourth-order valence-corrected chi connectivity index (χ4v) is 2.35. The van der Waals surface area contributed by atoms with Crippen LogP contribution in [-0.4, -0.2) is 35.6 Å². The summed E-state index contributed by atoms with van der Waals surface area (Å²) >= 11 is 0. The molecular formula is C16H20F2N2O3. The van der Waals surface area contributed by atoms with Crippen LogP contribution in [0.3, 0.4) is 0 Å². The molecule has 0 bridgehead atoms. The highest BCUT2D eigenvalue weighted by atomic mass is 19.2. The molecule has 0 aliphatic carbocycles. The molecule has 5 nitrogen and oxygen atoms in total. The van der Waals surface area contributed by atoms with E-state index < -0.39 is 29.1 Å². The summed E-state index contributed by atoms with van der Waals surface area (Å²) in [6.45, 7) is 7.33. The summed E-state index contributed by atoms with van der Waals surface area (Å²) in [6.07, 6.45) is 0. The highest BCUT2D eigenvalue weighted by Crippen LogP contribution is 2.29. The second-order valence-corrected chi connectivity index (χ2v) is 6.60. The zero-order valence-corrected chi connectivity index (χ0v) is 13.6. The molecular weight excluding hydrogens is 306 g/mol. The normalized spacial score (nSPS) is 21.7. The average Bonchev–Trinajstić information content (AvgIpc) is 2.65. The van der Waals surface area contributed by atoms with Gasteiger partial charge in [0, 0.05) is 0 Å². The molecule has 1 aromatic carbocycles. The lowest BCUT2D eigenvalue weighted by Crippen LogP contribution is -2.41. The number of urea groups is 1. The molecule has 1 aromatic rings. The third-order valence-corrected chi connectivity index (χ3v) is 3.62. The van der Waals surface area contributed by atoms with Gasteiger partial charge in [0.15, 0.2) is 11.6 Å². The van der Waals surface area contributed by atoms with Gasteiger partial charge in [-0.05, 0) is 45.4 Å². The van der Waals surface area contributed by atoms with Gasteiger partial charge in [-0.1, -0.05) is 6.07 Å². The molecule has 0 aromatic heterocycles. The lowest BCUT2D eigenvalue weighted by molar-refractivity contribution is -0.132. The van der Waals surface area contributed by atoms with Crippen molar-refractivity contribution in [3.8, 4) is 0 Å². The number of ether oxygens (including phenoxy) is 1. The van der Waals surface area contributed by atoms with E-state index in [2.05, 4.69) is 5.32 Å². The minimum absolute atomic E-state index is 0.0845. The number of rotatable bonds is 4. The molecule has 1 saturated heterocycles. The fourth-order valence-electron chi connectivity index (χ4n) is 2.35. The summed E-state index contributed by atoms with van der Waals surface area (Å²) in [5.74, 6) is -2.60. The Morgan fingerprint density at radius 2 is 1.87 bits per heavy atom. The van der Waals surface area contributed by atoms with Gasteiger partial charge >= 0.3 is 6.03 Å². The second kappa shape index (κ2) is 5.88. The van der Waals surface area contributed by atoms with Crippen LogP contribution in [0.25, 0.3) is 0 Å². The summed E-state index contributed by atoms with van der Waals surface area (Å²) < 4.78 is 32.0. The molecule has 1 atom stereocenters. The molecule has 126 valence electrons. The lowest BCUT2D eigenvalue weighted by atomic mass is 9.92. The van der Waals surface area contributed by atoms with E-state index in [1.807, 2.05) is 20.8 Å². The molecule has 3 amide bonds. The summed E-state index contributed by atoms with van der Waals surface area (Å²) in [4.78, 5) is 25.6. The number of hydrogen-bond donors (Lipinski definition) is 1. The summed E-state index contributed by atoms with van der Waals surface area (Å²) in [7, 11) is 0. The van der Waals surface area contributed by atoms with Gasteiger partial charge in [0.25, 0.3) is 5.91 Å². The van der Waals surface area contributed by atoms with Gasteiger partial charge in [-0.3, -0.25) is 9.69 Å². The highest BCUT2D eigenvalue weighted by molar-refractivity contribution is 6.07. The Hall–Kier alpha value is -2.02. The van der Waals surface area contributed by atoms with Crippen molar-refractivity contribution in [2.45, 2.75) is 38.8 Å². The van der Waals surface area contributed by atoms with Crippen LogP contribution in [0.5, 0.6) is 0 Å². The van der Waals surface area contributed by atoms with Crippen LogP contribution < -0.4 is 5.32 Å². The van der Waals surface area contributed by atoms with Crippen molar-refractivity contribution >= 4 is 11.9 Å². The Kier molecular flexibility index (Phi) is 4.43. The zero-order valence-electron chi connectivity index (χ0n) is 13.6. The molecule has 1 heterocycles. The highest BCUT2D eigenvalue weighted by Gasteiger charge is 2.49. The molecule has 0 saturated carbocycles. The maximum absolute atomic E-state index is 13.4. The van der Waals surface area contributed by atoms with Crippen LogP contribution in [0.2, 0.25) is 0 Å². The number of halogens is 2. The number of amides is 3. The Labute approximate surface area is 133 Å². The van der Waals surface area contributed by atoms with Gasteiger partial charge in [0.2, 0.25) is 0 Å². The van der Waals surface area contributed by atoms with Crippen molar-refractivity contribution in [3.63, 3.8) is 0 Å². The predicted octanol–water partition coefficient (Wildman–Crippen LogP) is 2.55. The largest absolute Gasteiger partial charge is 0.374 e. The molecule has 1 fully saturated rings. The number of carbonyl (C=O) groups is 2. The van der Waals surface area contributed by atoms with Crippen LogP contribution in [-0.2, 0) is 15.1 Å². The van der Waals surface area contributed by atoms with Crippen molar-refractivity contribution in [2.75, 3.05) is 13.2 Å². The van der Waals surface area contributed by atoms with Gasteiger partial charge in [-0.25, -0.2) is 13.6 Å². The molecule has 0 radical (unpaired) electrons. The SMILES string of the molecule is CC(C)(C)OCCN1C(=O)NC(C)(c2ccc(F)c(F)c2)C1=O. The first-order chi connectivity index (χ1) is 10.5. The number of benzene rings is 1. The minimum atomic E-state index is -1.42. The smallest absolute Gasteiger partial charge is 0.325 e. The minimum Gasteiger partial charge on any atom is -0.374 e. The van der Waals surface area contributed by atoms with E-state index in [0.29, 0.717) is 0 Å². The molecule has 7 heteroatoms. The third kappa shape index (κ3) is 3.50. The van der Waals surface area contributed by atoms with Crippen molar-refractivity contribution in [3.05, 3.63) is 35.4 Å². The van der Waals surface area contributed by atoms with Gasteiger partial charge in [0.1, 0.15) is 5.54 Å². The number of imide groups is 1.